The highest BCUT2D eigenvalue weighted by Gasteiger charge is 2.36. The van der Waals surface area contributed by atoms with Crippen LogP contribution in [0.2, 0.25) is 0 Å². The van der Waals surface area contributed by atoms with E-state index in [1.54, 1.807) is 24.3 Å². The number of amides is 3. The fourth-order valence-electron chi connectivity index (χ4n) is 4.36. The number of benzene rings is 1. The Morgan fingerprint density at radius 1 is 1.19 bits per heavy atom. The van der Waals surface area contributed by atoms with Gasteiger partial charge in [-0.05, 0) is 67.4 Å². The maximum Gasteiger partial charge on any atom is 0.272 e. The van der Waals surface area contributed by atoms with Crippen molar-refractivity contribution in [1.29, 1.82) is 0 Å². The Labute approximate surface area is 216 Å². The number of nitrogen functional groups attached to an aromatic ring is 1. The van der Waals surface area contributed by atoms with Crippen LogP contribution in [-0.4, -0.2) is 40.8 Å². The normalized spacial score (nSPS) is 14.6. The average Bonchev–Trinajstić information content (AvgIpc) is 3.49. The number of nitrogens with two attached hydrogens (primary N) is 2. The second kappa shape index (κ2) is 12.7. The molecule has 0 aliphatic heterocycles. The SMILES string of the molecule is CCCCOc1ccc(N(C(=O)c2snc(C(N)=O)c2N)[C@H](CC(C)C)C(=O)NC2CCCC2)cc1. The predicted molar refractivity (Wildman–Crippen MR) is 142 cm³/mol. The van der Waals surface area contributed by atoms with Crippen molar-refractivity contribution >= 4 is 40.6 Å². The van der Waals surface area contributed by atoms with E-state index in [2.05, 4.69) is 16.6 Å². The number of ether oxygens (including phenoxy) is 1. The van der Waals surface area contributed by atoms with Crippen LogP contribution in [0.5, 0.6) is 5.75 Å². The van der Waals surface area contributed by atoms with Crippen molar-refractivity contribution in [2.24, 2.45) is 11.7 Å². The Morgan fingerprint density at radius 2 is 1.86 bits per heavy atom. The van der Waals surface area contributed by atoms with Gasteiger partial charge in [-0.25, -0.2) is 0 Å². The van der Waals surface area contributed by atoms with Gasteiger partial charge in [-0.2, -0.15) is 4.37 Å². The first-order valence-corrected chi connectivity index (χ1v) is 13.4. The van der Waals surface area contributed by atoms with E-state index >= 15 is 0 Å². The van der Waals surface area contributed by atoms with Gasteiger partial charge in [0.2, 0.25) is 5.91 Å². The lowest BCUT2D eigenvalue weighted by molar-refractivity contribution is -0.123. The van der Waals surface area contributed by atoms with Crippen LogP contribution < -0.4 is 26.4 Å². The summed E-state index contributed by atoms with van der Waals surface area (Å²) in [7, 11) is 0. The van der Waals surface area contributed by atoms with Crippen LogP contribution in [0.15, 0.2) is 24.3 Å². The minimum atomic E-state index is -0.805. The zero-order valence-electron chi connectivity index (χ0n) is 21.3. The van der Waals surface area contributed by atoms with Crippen LogP contribution in [-0.2, 0) is 4.79 Å². The number of anilines is 2. The Bertz CT molecular complexity index is 1050. The Morgan fingerprint density at radius 3 is 2.42 bits per heavy atom. The van der Waals surface area contributed by atoms with Crippen LogP contribution in [0.1, 0.15) is 85.9 Å². The summed E-state index contributed by atoms with van der Waals surface area (Å²) in [6, 6.07) is 6.44. The predicted octanol–water partition coefficient (Wildman–Crippen LogP) is 4.12. The molecule has 0 bridgehead atoms. The number of hydrogen-bond donors (Lipinski definition) is 3. The molecule has 196 valence electrons. The summed E-state index contributed by atoms with van der Waals surface area (Å²) in [6.45, 7) is 6.71. The molecule has 1 atom stereocenters. The lowest BCUT2D eigenvalue weighted by atomic mass is 9.99. The molecule has 1 saturated carbocycles. The molecule has 1 aromatic carbocycles. The summed E-state index contributed by atoms with van der Waals surface area (Å²) in [5.74, 6) is -0.685. The Hall–Kier alpha value is -3.14. The third-order valence-electron chi connectivity index (χ3n) is 6.27. The molecule has 1 aliphatic carbocycles. The quantitative estimate of drug-likeness (QED) is 0.363. The number of carbonyl (C=O) groups is 3. The van der Waals surface area contributed by atoms with Gasteiger partial charge in [-0.3, -0.25) is 19.3 Å². The van der Waals surface area contributed by atoms with E-state index in [1.807, 2.05) is 13.8 Å². The van der Waals surface area contributed by atoms with Crippen molar-refractivity contribution in [3.8, 4) is 5.75 Å². The zero-order valence-corrected chi connectivity index (χ0v) is 22.1. The molecule has 1 heterocycles. The highest BCUT2D eigenvalue weighted by Crippen LogP contribution is 2.31. The first-order chi connectivity index (χ1) is 17.2. The minimum absolute atomic E-state index is 0.0680. The van der Waals surface area contributed by atoms with Crippen LogP contribution in [0.3, 0.4) is 0 Å². The second-order valence-electron chi connectivity index (χ2n) is 9.64. The highest BCUT2D eigenvalue weighted by atomic mass is 32.1. The molecule has 1 aliphatic rings. The maximum atomic E-state index is 13.9. The van der Waals surface area contributed by atoms with Crippen molar-refractivity contribution in [2.45, 2.75) is 77.8 Å². The topological polar surface area (TPSA) is 141 Å². The molecule has 2 aromatic rings. The molecule has 0 unspecified atom stereocenters. The molecule has 0 spiro atoms. The van der Waals surface area contributed by atoms with Crippen LogP contribution in [0, 0.1) is 5.92 Å². The van der Waals surface area contributed by atoms with Crippen LogP contribution in [0.25, 0.3) is 0 Å². The van der Waals surface area contributed by atoms with E-state index in [-0.39, 0.29) is 34.1 Å². The summed E-state index contributed by atoms with van der Waals surface area (Å²) >= 11 is 0.810. The van der Waals surface area contributed by atoms with Crippen molar-refractivity contribution in [3.63, 3.8) is 0 Å². The largest absolute Gasteiger partial charge is 0.494 e. The molecule has 1 aromatic heterocycles. The monoisotopic (exact) mass is 515 g/mol. The van der Waals surface area contributed by atoms with E-state index < -0.39 is 17.9 Å². The summed E-state index contributed by atoms with van der Waals surface area (Å²) in [6.07, 6.45) is 6.43. The van der Waals surface area contributed by atoms with E-state index in [0.29, 0.717) is 24.5 Å². The minimum Gasteiger partial charge on any atom is -0.494 e. The molecule has 9 nitrogen and oxygen atoms in total. The number of nitrogens with one attached hydrogen (secondary N) is 1. The molecule has 5 N–H and O–H groups in total. The van der Waals surface area contributed by atoms with Gasteiger partial charge in [0.1, 0.15) is 16.7 Å². The van der Waals surface area contributed by atoms with Gasteiger partial charge in [0.05, 0.1) is 12.3 Å². The van der Waals surface area contributed by atoms with Crippen LogP contribution in [0.4, 0.5) is 11.4 Å². The van der Waals surface area contributed by atoms with Crippen molar-refractivity contribution in [2.75, 3.05) is 17.2 Å². The lowest BCUT2D eigenvalue weighted by Crippen LogP contribution is -2.52. The van der Waals surface area contributed by atoms with Crippen molar-refractivity contribution in [1.82, 2.24) is 9.69 Å². The second-order valence-corrected chi connectivity index (χ2v) is 10.4. The summed E-state index contributed by atoms with van der Waals surface area (Å²) in [5.41, 5.74) is 11.8. The van der Waals surface area contributed by atoms with Gasteiger partial charge in [0.15, 0.2) is 5.69 Å². The lowest BCUT2D eigenvalue weighted by Gasteiger charge is -2.33. The molecule has 0 radical (unpaired) electrons. The summed E-state index contributed by atoms with van der Waals surface area (Å²) < 4.78 is 9.76. The van der Waals surface area contributed by atoms with E-state index in [1.165, 1.54) is 4.90 Å². The fourth-order valence-corrected chi connectivity index (χ4v) is 5.10. The molecular formula is C26H37N5O4S. The van der Waals surface area contributed by atoms with Crippen molar-refractivity contribution in [3.05, 3.63) is 34.8 Å². The van der Waals surface area contributed by atoms with Crippen molar-refractivity contribution < 1.29 is 19.1 Å². The average molecular weight is 516 g/mol. The smallest absolute Gasteiger partial charge is 0.272 e. The molecule has 3 rings (SSSR count). The third kappa shape index (κ3) is 6.75. The molecular weight excluding hydrogens is 478 g/mol. The van der Waals surface area contributed by atoms with E-state index in [4.69, 9.17) is 16.2 Å². The maximum absolute atomic E-state index is 13.9. The van der Waals surface area contributed by atoms with E-state index in [9.17, 15) is 14.4 Å². The first kappa shape index (κ1) is 27.4. The number of nitrogens with zero attached hydrogens (tertiary/aromatic N) is 2. The number of primary amides is 1. The van der Waals surface area contributed by atoms with Crippen LogP contribution >= 0.6 is 11.5 Å². The molecule has 0 saturated heterocycles. The van der Waals surface area contributed by atoms with E-state index in [0.717, 1.165) is 50.1 Å². The number of hydrogen-bond acceptors (Lipinski definition) is 7. The third-order valence-corrected chi connectivity index (χ3v) is 7.12. The number of unbranched alkanes of at least 4 members (excludes halogenated alkanes) is 1. The number of carbonyl (C=O) groups excluding carboxylic acids is 3. The first-order valence-electron chi connectivity index (χ1n) is 12.6. The van der Waals surface area contributed by atoms with Gasteiger partial charge < -0.3 is 21.5 Å². The van der Waals surface area contributed by atoms with Gasteiger partial charge in [-0.15, -0.1) is 0 Å². The van der Waals surface area contributed by atoms with Gasteiger partial charge in [0, 0.05) is 11.7 Å². The Kier molecular flexibility index (Phi) is 9.69. The number of aromatic nitrogens is 1. The summed E-state index contributed by atoms with van der Waals surface area (Å²) in [4.78, 5) is 40.7. The standard InChI is InChI=1S/C26H37N5O4S/c1-4-5-14-35-19-12-10-18(11-13-19)31(26(34)23-21(27)22(24(28)32)30-36-23)20(15-16(2)3)25(33)29-17-8-6-7-9-17/h10-13,16-17,20H,4-9,14-15,27H2,1-3H3,(H2,28,32)(H,29,33)/t20-/m1/s1. The molecule has 36 heavy (non-hydrogen) atoms. The van der Waals surface area contributed by atoms with Gasteiger partial charge in [-0.1, -0.05) is 40.0 Å². The zero-order chi connectivity index (χ0) is 26.2. The van der Waals surface area contributed by atoms with Gasteiger partial charge >= 0.3 is 0 Å². The fraction of sp³-hybridized carbons (Fsp3) is 0.538. The Balaban J connectivity index is 2.00. The number of rotatable bonds is 12. The highest BCUT2D eigenvalue weighted by molar-refractivity contribution is 7.09. The van der Waals surface area contributed by atoms with Gasteiger partial charge in [0.25, 0.3) is 11.8 Å². The molecule has 3 amide bonds. The molecule has 1 fully saturated rings. The molecule has 10 heteroatoms. The summed E-state index contributed by atoms with van der Waals surface area (Å²) in [5, 5.41) is 3.15.